The predicted molar refractivity (Wildman–Crippen MR) is 82.6 cm³/mol. The van der Waals surface area contributed by atoms with Gasteiger partial charge in [-0.25, -0.2) is 4.68 Å². The van der Waals surface area contributed by atoms with Crippen LogP contribution in [0.15, 0.2) is 48.5 Å². The van der Waals surface area contributed by atoms with E-state index in [0.29, 0.717) is 6.54 Å². The van der Waals surface area contributed by atoms with E-state index in [2.05, 4.69) is 46.7 Å². The maximum absolute atomic E-state index is 5.70. The van der Waals surface area contributed by atoms with Gasteiger partial charge in [0.2, 0.25) is 0 Å². The quantitative estimate of drug-likeness (QED) is 0.745. The molecular formula is C16H17N5. The van der Waals surface area contributed by atoms with Gasteiger partial charge in [-0.3, -0.25) is 0 Å². The largest absolute Gasteiger partial charge is 0.399 e. The molecule has 0 aliphatic heterocycles. The molecule has 2 N–H and O–H groups in total. The van der Waals surface area contributed by atoms with Crippen molar-refractivity contribution in [2.75, 3.05) is 5.73 Å². The first-order chi connectivity index (χ1) is 10.3. The number of anilines is 1. The first-order valence-corrected chi connectivity index (χ1v) is 6.96. The van der Waals surface area contributed by atoms with E-state index in [4.69, 9.17) is 5.73 Å². The molecule has 1 heterocycles. The fourth-order valence-electron chi connectivity index (χ4n) is 2.20. The summed E-state index contributed by atoms with van der Waals surface area (Å²) in [6.45, 7) is 2.76. The van der Waals surface area contributed by atoms with Crippen molar-refractivity contribution < 1.29 is 0 Å². The summed E-state index contributed by atoms with van der Waals surface area (Å²) >= 11 is 0. The number of aryl methyl sites for hydroxylation is 1. The predicted octanol–water partition coefficient (Wildman–Crippen LogP) is 2.53. The molecule has 5 nitrogen and oxygen atoms in total. The molecule has 1 aromatic heterocycles. The molecule has 3 aromatic rings. The van der Waals surface area contributed by atoms with Gasteiger partial charge >= 0.3 is 0 Å². The zero-order chi connectivity index (χ0) is 14.7. The number of hydrogen-bond acceptors (Lipinski definition) is 4. The van der Waals surface area contributed by atoms with Gasteiger partial charge in [-0.2, -0.15) is 0 Å². The number of nitrogens with two attached hydrogens (primary N) is 1. The Labute approximate surface area is 123 Å². The minimum atomic E-state index is 0.623. The number of nitrogen functional groups attached to an aromatic ring is 1. The Hall–Kier alpha value is -2.69. The molecule has 2 aromatic carbocycles. The van der Waals surface area contributed by atoms with Crippen LogP contribution in [0.5, 0.6) is 0 Å². The Morgan fingerprint density at radius 1 is 0.952 bits per heavy atom. The summed E-state index contributed by atoms with van der Waals surface area (Å²) in [5.41, 5.74) is 9.89. The molecular weight excluding hydrogens is 262 g/mol. The average molecular weight is 279 g/mol. The Balaban J connectivity index is 1.87. The topological polar surface area (TPSA) is 69.6 Å². The van der Waals surface area contributed by atoms with Crippen LogP contribution in [-0.4, -0.2) is 20.2 Å². The highest BCUT2D eigenvalue weighted by atomic mass is 15.5. The van der Waals surface area contributed by atoms with E-state index in [1.165, 1.54) is 5.56 Å². The van der Waals surface area contributed by atoms with Gasteiger partial charge in [-0.15, -0.1) is 5.10 Å². The van der Waals surface area contributed by atoms with Crippen LogP contribution in [0.2, 0.25) is 0 Å². The SMILES string of the molecule is CCc1ccc(-c2nnnn2Cc2ccc(N)cc2)cc1. The third kappa shape index (κ3) is 2.91. The summed E-state index contributed by atoms with van der Waals surface area (Å²) in [4.78, 5) is 0. The van der Waals surface area contributed by atoms with Crippen LogP contribution in [0.3, 0.4) is 0 Å². The molecule has 5 heteroatoms. The Morgan fingerprint density at radius 3 is 2.29 bits per heavy atom. The van der Waals surface area contributed by atoms with E-state index in [1.807, 2.05) is 24.3 Å². The van der Waals surface area contributed by atoms with Crippen LogP contribution < -0.4 is 5.73 Å². The monoisotopic (exact) mass is 279 g/mol. The molecule has 0 radical (unpaired) electrons. The van der Waals surface area contributed by atoms with Crippen LogP contribution in [0.4, 0.5) is 5.69 Å². The highest BCUT2D eigenvalue weighted by molar-refractivity contribution is 5.55. The van der Waals surface area contributed by atoms with Crippen molar-refractivity contribution in [3.8, 4) is 11.4 Å². The second-order valence-electron chi connectivity index (χ2n) is 4.95. The maximum Gasteiger partial charge on any atom is 0.182 e. The number of rotatable bonds is 4. The molecule has 0 fully saturated rings. The molecule has 0 amide bonds. The van der Waals surface area contributed by atoms with Crippen molar-refractivity contribution in [1.82, 2.24) is 20.2 Å². The van der Waals surface area contributed by atoms with E-state index in [1.54, 1.807) is 4.68 Å². The van der Waals surface area contributed by atoms with Gasteiger partial charge in [-0.1, -0.05) is 43.3 Å². The molecule has 0 saturated carbocycles. The average Bonchev–Trinajstić information content (AvgIpc) is 2.98. The standard InChI is InChI=1S/C16H17N5/c1-2-12-3-7-14(8-4-12)16-18-19-20-21(16)11-13-5-9-15(17)10-6-13/h3-10H,2,11,17H2,1H3. The smallest absolute Gasteiger partial charge is 0.182 e. The summed E-state index contributed by atoms with van der Waals surface area (Å²) in [5, 5.41) is 12.0. The van der Waals surface area contributed by atoms with Crippen LogP contribution >= 0.6 is 0 Å². The number of nitrogens with zero attached hydrogens (tertiary/aromatic N) is 4. The first kappa shape index (κ1) is 13.3. The number of aromatic nitrogens is 4. The molecule has 0 atom stereocenters. The second-order valence-corrected chi connectivity index (χ2v) is 4.95. The van der Waals surface area contributed by atoms with Crippen molar-refractivity contribution in [2.24, 2.45) is 0 Å². The molecule has 0 aliphatic carbocycles. The number of hydrogen-bond donors (Lipinski definition) is 1. The van der Waals surface area contributed by atoms with Crippen LogP contribution in [0, 0.1) is 0 Å². The van der Waals surface area contributed by atoms with Gasteiger partial charge in [0.25, 0.3) is 0 Å². The lowest BCUT2D eigenvalue weighted by Crippen LogP contribution is -2.04. The lowest BCUT2D eigenvalue weighted by atomic mass is 10.1. The Kier molecular flexibility index (Phi) is 3.64. The van der Waals surface area contributed by atoms with Crippen molar-refractivity contribution in [3.63, 3.8) is 0 Å². The summed E-state index contributed by atoms with van der Waals surface area (Å²) in [6, 6.07) is 16.1. The van der Waals surface area contributed by atoms with Gasteiger partial charge in [0, 0.05) is 11.3 Å². The molecule has 0 saturated heterocycles. The Morgan fingerprint density at radius 2 is 1.62 bits per heavy atom. The fraction of sp³-hybridized carbons (Fsp3) is 0.188. The molecule has 21 heavy (non-hydrogen) atoms. The molecule has 0 bridgehead atoms. The highest BCUT2D eigenvalue weighted by Crippen LogP contribution is 2.18. The lowest BCUT2D eigenvalue weighted by Gasteiger charge is -2.06. The van der Waals surface area contributed by atoms with Gasteiger partial charge in [0.1, 0.15) is 0 Å². The van der Waals surface area contributed by atoms with Crippen molar-refractivity contribution in [1.29, 1.82) is 0 Å². The molecule has 0 aliphatic rings. The summed E-state index contributed by atoms with van der Waals surface area (Å²) in [6.07, 6.45) is 1.02. The molecule has 3 rings (SSSR count). The third-order valence-electron chi connectivity index (χ3n) is 3.46. The zero-order valence-electron chi connectivity index (χ0n) is 11.9. The zero-order valence-corrected chi connectivity index (χ0v) is 11.9. The van der Waals surface area contributed by atoms with Gasteiger partial charge < -0.3 is 5.73 Å². The number of tetrazole rings is 1. The summed E-state index contributed by atoms with van der Waals surface area (Å²) in [7, 11) is 0. The van der Waals surface area contributed by atoms with Gasteiger partial charge in [0.15, 0.2) is 5.82 Å². The lowest BCUT2D eigenvalue weighted by molar-refractivity contribution is 0.653. The Bertz CT molecular complexity index is 713. The minimum Gasteiger partial charge on any atom is -0.399 e. The van der Waals surface area contributed by atoms with Crippen molar-refractivity contribution in [3.05, 3.63) is 59.7 Å². The summed E-state index contributed by atoms with van der Waals surface area (Å²) < 4.78 is 1.80. The minimum absolute atomic E-state index is 0.623. The van der Waals surface area contributed by atoms with Crippen molar-refractivity contribution >= 4 is 5.69 Å². The van der Waals surface area contributed by atoms with Gasteiger partial charge in [0.05, 0.1) is 6.54 Å². The maximum atomic E-state index is 5.70. The first-order valence-electron chi connectivity index (χ1n) is 6.96. The van der Waals surface area contributed by atoms with E-state index < -0.39 is 0 Å². The normalized spacial score (nSPS) is 10.7. The van der Waals surface area contributed by atoms with Crippen LogP contribution in [-0.2, 0) is 13.0 Å². The second kappa shape index (κ2) is 5.75. The molecule has 0 unspecified atom stereocenters. The summed E-state index contributed by atoms with van der Waals surface area (Å²) in [5.74, 6) is 0.773. The van der Waals surface area contributed by atoms with Crippen LogP contribution in [0.25, 0.3) is 11.4 Å². The molecule has 0 spiro atoms. The molecule has 106 valence electrons. The van der Waals surface area contributed by atoms with E-state index in [9.17, 15) is 0 Å². The van der Waals surface area contributed by atoms with Crippen molar-refractivity contribution in [2.45, 2.75) is 19.9 Å². The van der Waals surface area contributed by atoms with Gasteiger partial charge in [-0.05, 0) is 40.1 Å². The van der Waals surface area contributed by atoms with E-state index in [-0.39, 0.29) is 0 Å². The number of benzene rings is 2. The van der Waals surface area contributed by atoms with E-state index in [0.717, 1.165) is 29.1 Å². The van der Waals surface area contributed by atoms with E-state index >= 15 is 0 Å². The highest BCUT2D eigenvalue weighted by Gasteiger charge is 2.09. The fourth-order valence-corrected chi connectivity index (χ4v) is 2.20. The van der Waals surface area contributed by atoms with Crippen LogP contribution in [0.1, 0.15) is 18.1 Å². The third-order valence-corrected chi connectivity index (χ3v) is 3.46.